The van der Waals surface area contributed by atoms with Crippen LogP contribution in [0.25, 0.3) is 0 Å². The molecule has 1 aromatic heterocycles. The highest BCUT2D eigenvalue weighted by atomic mass is 32.1. The summed E-state index contributed by atoms with van der Waals surface area (Å²) in [6.45, 7) is 2.22. The molecule has 2 heterocycles. The summed E-state index contributed by atoms with van der Waals surface area (Å²) in [5, 5.41) is 1.09. The van der Waals surface area contributed by atoms with Crippen LogP contribution in [-0.4, -0.2) is 23.9 Å². The van der Waals surface area contributed by atoms with Crippen molar-refractivity contribution in [2.75, 3.05) is 18.0 Å². The van der Waals surface area contributed by atoms with Crippen LogP contribution < -0.4 is 4.90 Å². The molecule has 4 heteroatoms. The number of Topliss-reactive ketones (excluding diaryl/α,β-unsaturated/α-hetero) is 1. The summed E-state index contributed by atoms with van der Waals surface area (Å²) in [6.07, 6.45) is 7.88. The van der Waals surface area contributed by atoms with E-state index in [1.807, 2.05) is 0 Å². The maximum atomic E-state index is 11.8. The van der Waals surface area contributed by atoms with Crippen molar-refractivity contribution in [1.82, 2.24) is 4.98 Å². The van der Waals surface area contributed by atoms with Crippen LogP contribution >= 0.6 is 11.3 Å². The van der Waals surface area contributed by atoms with Crippen molar-refractivity contribution in [2.24, 2.45) is 0 Å². The van der Waals surface area contributed by atoms with Crippen LogP contribution in [0, 0.1) is 0 Å². The topological polar surface area (TPSA) is 33.2 Å². The zero-order valence-corrected chi connectivity index (χ0v) is 10.9. The molecule has 92 valence electrons. The molecule has 0 spiro atoms. The molecular formula is C13H18N2OS. The van der Waals surface area contributed by atoms with E-state index in [1.54, 1.807) is 11.3 Å². The fourth-order valence-corrected chi connectivity index (χ4v) is 3.79. The normalized spacial score (nSPS) is 21.2. The first-order valence-electron chi connectivity index (χ1n) is 6.62. The molecule has 3 rings (SSSR count). The second kappa shape index (κ2) is 4.77. The molecule has 0 atom stereocenters. The van der Waals surface area contributed by atoms with E-state index in [4.69, 9.17) is 4.98 Å². The Bertz CT molecular complexity index is 419. The number of aryl methyl sites for hydroxylation is 1. The summed E-state index contributed by atoms with van der Waals surface area (Å²) < 4.78 is 0. The van der Waals surface area contributed by atoms with E-state index in [0.29, 0.717) is 12.2 Å². The van der Waals surface area contributed by atoms with E-state index in [0.717, 1.165) is 41.6 Å². The number of hydrogen-bond acceptors (Lipinski definition) is 4. The standard InChI is InChI=1S/C13H18N2OS/c16-11-7-5-6-10-12(11)17-13(14-10)15-8-3-1-2-4-9-15/h1-9H2. The second-order valence-corrected chi connectivity index (χ2v) is 5.93. The van der Waals surface area contributed by atoms with Crippen molar-refractivity contribution in [3.8, 4) is 0 Å². The Morgan fingerprint density at radius 2 is 1.76 bits per heavy atom. The van der Waals surface area contributed by atoms with Gasteiger partial charge in [-0.1, -0.05) is 24.2 Å². The number of fused-ring (bicyclic) bond motifs is 1. The molecule has 0 radical (unpaired) electrons. The molecule has 3 nitrogen and oxygen atoms in total. The molecular weight excluding hydrogens is 232 g/mol. The van der Waals surface area contributed by atoms with Crippen LogP contribution in [-0.2, 0) is 6.42 Å². The first-order valence-corrected chi connectivity index (χ1v) is 7.44. The van der Waals surface area contributed by atoms with Gasteiger partial charge in [0.15, 0.2) is 10.9 Å². The van der Waals surface area contributed by atoms with Crippen LogP contribution in [0.4, 0.5) is 5.13 Å². The lowest BCUT2D eigenvalue weighted by Crippen LogP contribution is -2.23. The van der Waals surface area contributed by atoms with Gasteiger partial charge in [-0.15, -0.1) is 0 Å². The fraction of sp³-hybridized carbons (Fsp3) is 0.692. The van der Waals surface area contributed by atoms with Crippen LogP contribution in [0.3, 0.4) is 0 Å². The minimum absolute atomic E-state index is 0.310. The quantitative estimate of drug-likeness (QED) is 0.768. The van der Waals surface area contributed by atoms with Gasteiger partial charge in [-0.05, 0) is 25.7 Å². The smallest absolute Gasteiger partial charge is 0.186 e. The zero-order chi connectivity index (χ0) is 11.7. The third kappa shape index (κ3) is 2.23. The summed E-state index contributed by atoms with van der Waals surface area (Å²) in [4.78, 5) is 19.8. The average molecular weight is 250 g/mol. The Morgan fingerprint density at radius 1 is 1.00 bits per heavy atom. The van der Waals surface area contributed by atoms with E-state index >= 15 is 0 Å². The van der Waals surface area contributed by atoms with E-state index in [-0.39, 0.29) is 0 Å². The summed E-state index contributed by atoms with van der Waals surface area (Å²) in [6, 6.07) is 0. The van der Waals surface area contributed by atoms with Gasteiger partial charge in [-0.3, -0.25) is 4.79 Å². The molecule has 1 fully saturated rings. The maximum Gasteiger partial charge on any atom is 0.186 e. The molecule has 1 aromatic rings. The van der Waals surface area contributed by atoms with Crippen LogP contribution in [0.1, 0.15) is 53.9 Å². The van der Waals surface area contributed by atoms with E-state index in [2.05, 4.69) is 4.90 Å². The molecule has 17 heavy (non-hydrogen) atoms. The van der Waals surface area contributed by atoms with Crippen molar-refractivity contribution >= 4 is 22.3 Å². The molecule has 1 saturated heterocycles. The Morgan fingerprint density at radius 3 is 2.47 bits per heavy atom. The molecule has 2 aliphatic rings. The molecule has 0 saturated carbocycles. The molecule has 0 unspecified atom stereocenters. The predicted molar refractivity (Wildman–Crippen MR) is 70.1 cm³/mol. The average Bonchev–Trinajstić information content (AvgIpc) is 2.59. The largest absolute Gasteiger partial charge is 0.348 e. The molecule has 0 amide bonds. The predicted octanol–water partition coefficient (Wildman–Crippen LogP) is 3.04. The maximum absolute atomic E-state index is 11.8. The molecule has 0 bridgehead atoms. The summed E-state index contributed by atoms with van der Waals surface area (Å²) >= 11 is 1.62. The van der Waals surface area contributed by atoms with E-state index in [1.165, 1.54) is 25.7 Å². The Balaban J connectivity index is 1.85. The van der Waals surface area contributed by atoms with E-state index in [9.17, 15) is 4.79 Å². The number of hydrogen-bond donors (Lipinski definition) is 0. The molecule has 1 aliphatic carbocycles. The molecule has 0 N–H and O–H groups in total. The van der Waals surface area contributed by atoms with Gasteiger partial charge in [0.2, 0.25) is 0 Å². The Labute approximate surface area is 106 Å². The number of thiazole rings is 1. The van der Waals surface area contributed by atoms with Gasteiger partial charge in [-0.2, -0.15) is 0 Å². The number of aromatic nitrogens is 1. The number of anilines is 1. The summed E-state index contributed by atoms with van der Waals surface area (Å²) in [7, 11) is 0. The summed E-state index contributed by atoms with van der Waals surface area (Å²) in [5.74, 6) is 0.310. The Kier molecular flexibility index (Phi) is 3.14. The minimum Gasteiger partial charge on any atom is -0.348 e. The van der Waals surface area contributed by atoms with Gasteiger partial charge in [-0.25, -0.2) is 4.98 Å². The second-order valence-electron chi connectivity index (χ2n) is 4.95. The third-order valence-corrected chi connectivity index (χ3v) is 4.83. The highest BCUT2D eigenvalue weighted by Crippen LogP contribution is 2.32. The lowest BCUT2D eigenvalue weighted by Gasteiger charge is -2.18. The number of carbonyl (C=O) groups is 1. The van der Waals surface area contributed by atoms with Crippen molar-refractivity contribution in [1.29, 1.82) is 0 Å². The van der Waals surface area contributed by atoms with Gasteiger partial charge in [0.1, 0.15) is 0 Å². The highest BCUT2D eigenvalue weighted by molar-refractivity contribution is 7.17. The van der Waals surface area contributed by atoms with Crippen molar-refractivity contribution in [2.45, 2.75) is 44.9 Å². The van der Waals surface area contributed by atoms with Crippen LogP contribution in [0.5, 0.6) is 0 Å². The number of nitrogens with zero attached hydrogens (tertiary/aromatic N) is 2. The first-order chi connectivity index (χ1) is 8.34. The monoisotopic (exact) mass is 250 g/mol. The molecule has 1 aliphatic heterocycles. The molecule has 0 aromatic carbocycles. The van der Waals surface area contributed by atoms with Gasteiger partial charge in [0.25, 0.3) is 0 Å². The lowest BCUT2D eigenvalue weighted by molar-refractivity contribution is 0.0976. The van der Waals surface area contributed by atoms with E-state index < -0.39 is 0 Å². The fourth-order valence-electron chi connectivity index (χ4n) is 2.65. The number of carbonyl (C=O) groups excluding carboxylic acids is 1. The zero-order valence-electron chi connectivity index (χ0n) is 10.1. The van der Waals surface area contributed by atoms with Gasteiger partial charge >= 0.3 is 0 Å². The summed E-state index contributed by atoms with van der Waals surface area (Å²) in [5.41, 5.74) is 1.06. The number of rotatable bonds is 1. The van der Waals surface area contributed by atoms with Crippen molar-refractivity contribution in [3.63, 3.8) is 0 Å². The SMILES string of the molecule is O=C1CCCc2nc(N3CCCCCC3)sc21. The van der Waals surface area contributed by atoms with Crippen molar-refractivity contribution < 1.29 is 4.79 Å². The first kappa shape index (κ1) is 11.2. The lowest BCUT2D eigenvalue weighted by atomic mass is 10.0. The third-order valence-electron chi connectivity index (χ3n) is 3.63. The van der Waals surface area contributed by atoms with Crippen molar-refractivity contribution in [3.05, 3.63) is 10.6 Å². The van der Waals surface area contributed by atoms with Gasteiger partial charge in [0, 0.05) is 19.5 Å². The highest BCUT2D eigenvalue weighted by Gasteiger charge is 2.24. The Hall–Kier alpha value is -0.900. The van der Waals surface area contributed by atoms with Gasteiger partial charge in [0.05, 0.1) is 10.6 Å². The van der Waals surface area contributed by atoms with Gasteiger partial charge < -0.3 is 4.90 Å². The van der Waals surface area contributed by atoms with Crippen LogP contribution in [0.2, 0.25) is 0 Å². The minimum atomic E-state index is 0.310. The van der Waals surface area contributed by atoms with Crippen LogP contribution in [0.15, 0.2) is 0 Å². The number of ketones is 1.